The molecular formula is C16H17F6O3S-. The van der Waals surface area contributed by atoms with Crippen LogP contribution in [0.1, 0.15) is 25.7 Å². The maximum absolute atomic E-state index is 13.4. The predicted octanol–water partition coefficient (Wildman–Crippen LogP) is 3.88. The first-order valence-electron chi connectivity index (χ1n) is 8.55. The van der Waals surface area contributed by atoms with Crippen molar-refractivity contribution in [2.75, 3.05) is 0 Å². The number of halogens is 6. The second kappa shape index (κ2) is 5.18. The van der Waals surface area contributed by atoms with Crippen molar-refractivity contribution in [3.05, 3.63) is 12.2 Å². The third kappa shape index (κ3) is 2.20. The normalized spacial score (nSPS) is 41.9. The average molecular weight is 403 g/mol. The van der Waals surface area contributed by atoms with E-state index in [0.717, 1.165) is 6.42 Å². The topological polar surface area (TPSA) is 57.2 Å². The molecular weight excluding hydrogens is 386 g/mol. The van der Waals surface area contributed by atoms with E-state index in [9.17, 15) is 39.3 Å². The molecule has 0 amide bonds. The van der Waals surface area contributed by atoms with E-state index in [1.54, 1.807) is 0 Å². The number of allylic oxidation sites excluding steroid dienone is 2. The van der Waals surface area contributed by atoms with Gasteiger partial charge in [-0.05, 0) is 67.1 Å². The van der Waals surface area contributed by atoms with Crippen molar-refractivity contribution in [1.82, 2.24) is 0 Å². The van der Waals surface area contributed by atoms with Crippen LogP contribution in [0.4, 0.5) is 26.3 Å². The van der Waals surface area contributed by atoms with Gasteiger partial charge in [0.25, 0.3) is 0 Å². The Labute approximate surface area is 146 Å². The standard InChI is InChI=1S/C16H18F6O3S/c17-15(18,19)14(16(20,21)22,26(23,24)25)6-10-4-9-5-11(10)13-8-2-1-7(3-8)12(9)13/h1-2,7-13H,3-6H2,(H,23,24,25)/p-1. The first-order valence-corrected chi connectivity index (χ1v) is 9.96. The molecule has 0 N–H and O–H groups in total. The van der Waals surface area contributed by atoms with Crippen molar-refractivity contribution in [3.8, 4) is 0 Å². The average Bonchev–Trinajstić information content (AvgIpc) is 3.18. The number of hydrogen-bond acceptors (Lipinski definition) is 3. The third-order valence-electron chi connectivity index (χ3n) is 7.30. The van der Waals surface area contributed by atoms with Gasteiger partial charge in [0.2, 0.25) is 4.75 Å². The molecule has 4 rings (SSSR count). The lowest BCUT2D eigenvalue weighted by molar-refractivity contribution is -0.274. The lowest BCUT2D eigenvalue weighted by Crippen LogP contribution is -2.63. The highest BCUT2D eigenvalue weighted by Crippen LogP contribution is 2.69. The van der Waals surface area contributed by atoms with Gasteiger partial charge in [0.1, 0.15) is 10.1 Å². The van der Waals surface area contributed by atoms with Crippen molar-refractivity contribution in [2.45, 2.75) is 42.8 Å². The van der Waals surface area contributed by atoms with Gasteiger partial charge >= 0.3 is 12.4 Å². The van der Waals surface area contributed by atoms with Crippen LogP contribution < -0.4 is 0 Å². The second-order valence-corrected chi connectivity index (χ2v) is 9.84. The molecule has 7 unspecified atom stereocenters. The van der Waals surface area contributed by atoms with Crippen LogP contribution in [0, 0.1) is 41.4 Å². The minimum Gasteiger partial charge on any atom is -0.747 e. The molecule has 0 spiro atoms. The van der Waals surface area contributed by atoms with E-state index in [0.29, 0.717) is 12.3 Å². The van der Waals surface area contributed by atoms with E-state index in [-0.39, 0.29) is 36.0 Å². The summed E-state index contributed by atoms with van der Waals surface area (Å²) >= 11 is 0. The highest BCUT2D eigenvalue weighted by molar-refractivity contribution is 7.87. The number of alkyl halides is 6. The van der Waals surface area contributed by atoms with Crippen molar-refractivity contribution < 1.29 is 39.3 Å². The zero-order valence-corrected chi connectivity index (χ0v) is 14.2. The third-order valence-corrected chi connectivity index (χ3v) is 8.78. The van der Waals surface area contributed by atoms with Crippen LogP contribution in [-0.4, -0.2) is 30.1 Å². The maximum atomic E-state index is 13.4. The van der Waals surface area contributed by atoms with Gasteiger partial charge in [-0.2, -0.15) is 26.3 Å². The SMILES string of the molecule is O=S(=O)([O-])C(CC1CC2CC1C1C3C=CC(C3)C21)(C(F)(F)F)C(F)(F)F. The Morgan fingerprint density at radius 1 is 0.885 bits per heavy atom. The van der Waals surface area contributed by atoms with E-state index in [1.165, 1.54) is 0 Å². The summed E-state index contributed by atoms with van der Waals surface area (Å²) in [6, 6.07) is 0. The lowest BCUT2D eigenvalue weighted by atomic mass is 9.67. The Morgan fingerprint density at radius 3 is 1.92 bits per heavy atom. The molecule has 4 bridgehead atoms. The van der Waals surface area contributed by atoms with Crippen LogP contribution in [0.3, 0.4) is 0 Å². The molecule has 0 aromatic carbocycles. The Balaban J connectivity index is 1.69. The minimum atomic E-state index is -6.69. The van der Waals surface area contributed by atoms with E-state index in [1.807, 2.05) is 6.08 Å². The molecule has 4 aliphatic carbocycles. The van der Waals surface area contributed by atoms with Gasteiger partial charge in [0, 0.05) is 0 Å². The Morgan fingerprint density at radius 2 is 1.42 bits per heavy atom. The lowest BCUT2D eigenvalue weighted by Gasteiger charge is -2.44. The van der Waals surface area contributed by atoms with Crippen molar-refractivity contribution >= 4 is 10.1 Å². The van der Waals surface area contributed by atoms with Gasteiger partial charge < -0.3 is 4.55 Å². The van der Waals surface area contributed by atoms with Crippen LogP contribution in [0.15, 0.2) is 12.2 Å². The quantitative estimate of drug-likeness (QED) is 0.311. The number of fused-ring (bicyclic) bond motifs is 9. The van der Waals surface area contributed by atoms with E-state index in [4.69, 9.17) is 0 Å². The van der Waals surface area contributed by atoms with Gasteiger partial charge in [-0.25, -0.2) is 8.42 Å². The predicted molar refractivity (Wildman–Crippen MR) is 76.6 cm³/mol. The first kappa shape index (κ1) is 18.6. The Hall–Kier alpha value is -0.770. The summed E-state index contributed by atoms with van der Waals surface area (Å²) in [6.07, 6.45) is -8.53. The summed E-state index contributed by atoms with van der Waals surface area (Å²) in [5.41, 5.74) is 0. The molecule has 7 atom stereocenters. The molecule has 0 aromatic heterocycles. The molecule has 0 aromatic rings. The fourth-order valence-electron chi connectivity index (χ4n) is 6.53. The molecule has 148 valence electrons. The van der Waals surface area contributed by atoms with Gasteiger partial charge in [-0.15, -0.1) is 0 Å². The van der Waals surface area contributed by atoms with Gasteiger partial charge in [0.05, 0.1) is 0 Å². The molecule has 4 aliphatic rings. The molecule has 0 aliphatic heterocycles. The Bertz CT molecular complexity index is 726. The molecule has 3 saturated carbocycles. The van der Waals surface area contributed by atoms with Crippen molar-refractivity contribution in [2.24, 2.45) is 41.4 Å². The zero-order valence-electron chi connectivity index (χ0n) is 13.4. The molecule has 26 heavy (non-hydrogen) atoms. The first-order chi connectivity index (χ1) is 11.8. The second-order valence-electron chi connectivity index (χ2n) is 8.24. The Kier molecular flexibility index (Phi) is 3.70. The van der Waals surface area contributed by atoms with Crippen LogP contribution in [0.25, 0.3) is 0 Å². The molecule has 3 fully saturated rings. The van der Waals surface area contributed by atoms with Crippen molar-refractivity contribution in [3.63, 3.8) is 0 Å². The summed E-state index contributed by atoms with van der Waals surface area (Å²) in [5.74, 6) is -0.638. The van der Waals surface area contributed by atoms with E-state index in [2.05, 4.69) is 6.08 Å². The highest BCUT2D eigenvalue weighted by atomic mass is 32.2. The molecule has 0 heterocycles. The fourth-order valence-corrected chi connectivity index (χ4v) is 7.52. The number of hydrogen-bond donors (Lipinski definition) is 0. The molecule has 10 heteroatoms. The minimum absolute atomic E-state index is 0.0160. The van der Waals surface area contributed by atoms with Gasteiger partial charge in [-0.1, -0.05) is 12.2 Å². The van der Waals surface area contributed by atoms with Crippen LogP contribution >= 0.6 is 0 Å². The van der Waals surface area contributed by atoms with Crippen LogP contribution in [0.5, 0.6) is 0 Å². The smallest absolute Gasteiger partial charge is 0.416 e. The number of rotatable bonds is 3. The van der Waals surface area contributed by atoms with E-state index < -0.39 is 39.6 Å². The summed E-state index contributed by atoms with van der Waals surface area (Å²) in [6.45, 7) is 0. The highest BCUT2D eigenvalue weighted by Gasteiger charge is 2.76. The van der Waals surface area contributed by atoms with Gasteiger partial charge in [-0.3, -0.25) is 0 Å². The van der Waals surface area contributed by atoms with Crippen molar-refractivity contribution in [1.29, 1.82) is 0 Å². The summed E-state index contributed by atoms with van der Waals surface area (Å²) < 4.78 is 109. The fraction of sp³-hybridized carbons (Fsp3) is 0.875. The largest absolute Gasteiger partial charge is 0.747 e. The van der Waals surface area contributed by atoms with Crippen LogP contribution in [0.2, 0.25) is 0 Å². The monoisotopic (exact) mass is 403 g/mol. The summed E-state index contributed by atoms with van der Waals surface area (Å²) in [5, 5.41) is 0. The van der Waals surface area contributed by atoms with Gasteiger partial charge in [0.15, 0.2) is 0 Å². The maximum Gasteiger partial charge on any atom is 0.416 e. The molecule has 3 nitrogen and oxygen atoms in total. The van der Waals surface area contributed by atoms with Crippen LogP contribution in [-0.2, 0) is 10.1 Å². The molecule has 0 saturated heterocycles. The zero-order chi connectivity index (χ0) is 19.3. The van der Waals surface area contributed by atoms with E-state index >= 15 is 0 Å². The summed E-state index contributed by atoms with van der Waals surface area (Å²) in [7, 11) is -6.69. The summed E-state index contributed by atoms with van der Waals surface area (Å²) in [4.78, 5) is 0. The molecule has 0 radical (unpaired) electrons.